The van der Waals surface area contributed by atoms with Gasteiger partial charge in [-0.25, -0.2) is 9.59 Å². The van der Waals surface area contributed by atoms with E-state index in [1.165, 1.54) is 6.07 Å². The maximum atomic E-state index is 12.2. The smallest absolute Gasteiger partial charge is 0.343 e. The molecule has 2 bridgehead atoms. The largest absolute Gasteiger partial charge is 0.462 e. The van der Waals surface area contributed by atoms with E-state index in [1.54, 1.807) is 6.08 Å². The Morgan fingerprint density at radius 1 is 1.17 bits per heavy atom. The highest BCUT2D eigenvalue weighted by molar-refractivity contribution is 7.85. The lowest BCUT2D eigenvalue weighted by Gasteiger charge is -2.08. The van der Waals surface area contributed by atoms with Crippen molar-refractivity contribution in [3.05, 3.63) is 41.2 Å². The van der Waals surface area contributed by atoms with Gasteiger partial charge in [0, 0.05) is 6.42 Å². The molecular formula is C15H16O7S. The zero-order valence-corrected chi connectivity index (χ0v) is 13.3. The van der Waals surface area contributed by atoms with Gasteiger partial charge in [0.2, 0.25) is 0 Å². The van der Waals surface area contributed by atoms with Crippen LogP contribution in [0.5, 0.6) is 0 Å². The lowest BCUT2D eigenvalue weighted by Crippen LogP contribution is -2.11. The van der Waals surface area contributed by atoms with Crippen molar-refractivity contribution < 1.29 is 32.0 Å². The number of carbonyl (C=O) groups is 2. The summed E-state index contributed by atoms with van der Waals surface area (Å²) in [6.45, 7) is 1.98. The third-order valence-electron chi connectivity index (χ3n) is 3.13. The Hall–Kier alpha value is -2.19. The summed E-state index contributed by atoms with van der Waals surface area (Å²) in [4.78, 5) is 23.6. The lowest BCUT2D eigenvalue weighted by atomic mass is 10.1. The van der Waals surface area contributed by atoms with Gasteiger partial charge in [0.05, 0.1) is 22.6 Å². The van der Waals surface area contributed by atoms with E-state index in [4.69, 9.17) is 14.0 Å². The van der Waals surface area contributed by atoms with Crippen molar-refractivity contribution in [3.8, 4) is 0 Å². The number of allylic oxidation sites excluding steroid dienone is 2. The van der Waals surface area contributed by atoms with Crippen LogP contribution >= 0.6 is 0 Å². The highest BCUT2D eigenvalue weighted by Crippen LogP contribution is 2.20. The number of esters is 2. The molecule has 23 heavy (non-hydrogen) atoms. The first-order valence-electron chi connectivity index (χ1n) is 7.02. The summed E-state index contributed by atoms with van der Waals surface area (Å²) < 4.78 is 42.1. The average molecular weight is 340 g/mol. The number of hydrogen-bond acceptors (Lipinski definition) is 6. The Bertz CT molecular complexity index is 762. The van der Waals surface area contributed by atoms with Crippen molar-refractivity contribution in [2.24, 2.45) is 0 Å². The minimum absolute atomic E-state index is 0.100. The fourth-order valence-corrected chi connectivity index (χ4v) is 2.63. The van der Waals surface area contributed by atoms with Gasteiger partial charge in [-0.15, -0.1) is 0 Å². The highest BCUT2D eigenvalue weighted by Gasteiger charge is 2.21. The molecule has 1 N–H and O–H groups in total. The molecule has 124 valence electrons. The van der Waals surface area contributed by atoms with E-state index in [2.05, 4.69) is 0 Å². The van der Waals surface area contributed by atoms with E-state index < -0.39 is 27.0 Å². The Morgan fingerprint density at radius 3 is 2.43 bits per heavy atom. The SMILES string of the molecule is CCC=C1CCCOC(=O)c2cc(cc(S(=O)(=O)O)c2)C(=O)O1. The maximum absolute atomic E-state index is 12.2. The number of hydrogen-bond donors (Lipinski definition) is 1. The summed E-state index contributed by atoms with van der Waals surface area (Å²) in [5.74, 6) is -1.15. The minimum atomic E-state index is -4.58. The van der Waals surface area contributed by atoms with Gasteiger partial charge in [0.1, 0.15) is 5.76 Å². The van der Waals surface area contributed by atoms with Crippen LogP contribution in [0.25, 0.3) is 0 Å². The van der Waals surface area contributed by atoms with E-state index >= 15 is 0 Å². The standard InChI is InChI=1S/C15H16O7S/c1-2-4-12-5-3-6-21-14(16)10-7-11(15(17)22-12)9-13(8-10)23(18,19)20/h4,7-9H,2-3,5-6H2,1H3,(H,18,19,20). The fraction of sp³-hybridized carbons (Fsp3) is 0.333. The number of benzene rings is 1. The van der Waals surface area contributed by atoms with Crippen molar-refractivity contribution >= 4 is 22.1 Å². The molecule has 0 radical (unpaired) electrons. The number of fused-ring (bicyclic) bond motifs is 2. The monoisotopic (exact) mass is 340 g/mol. The van der Waals surface area contributed by atoms with Crippen molar-refractivity contribution in [1.29, 1.82) is 0 Å². The highest BCUT2D eigenvalue weighted by atomic mass is 32.2. The summed E-state index contributed by atoms with van der Waals surface area (Å²) in [7, 11) is -4.58. The van der Waals surface area contributed by atoms with Crippen LogP contribution in [0.4, 0.5) is 0 Å². The summed E-state index contributed by atoms with van der Waals surface area (Å²) in [6, 6.07) is 3.08. The minimum Gasteiger partial charge on any atom is -0.462 e. The molecule has 0 amide bonds. The van der Waals surface area contributed by atoms with Crippen molar-refractivity contribution in [2.45, 2.75) is 31.1 Å². The lowest BCUT2D eigenvalue weighted by molar-refractivity contribution is 0.0488. The normalized spacial score (nSPS) is 18.1. The molecule has 1 aliphatic heterocycles. The molecule has 0 saturated carbocycles. The van der Waals surface area contributed by atoms with Crippen LogP contribution in [-0.4, -0.2) is 31.5 Å². The van der Waals surface area contributed by atoms with E-state index in [0.29, 0.717) is 25.0 Å². The molecule has 1 heterocycles. The molecule has 0 unspecified atom stereocenters. The molecule has 1 aromatic carbocycles. The second kappa shape index (κ2) is 6.93. The van der Waals surface area contributed by atoms with Crippen molar-refractivity contribution in [1.82, 2.24) is 0 Å². The maximum Gasteiger partial charge on any atom is 0.343 e. The van der Waals surface area contributed by atoms with Crippen LogP contribution in [0.15, 0.2) is 34.9 Å². The molecule has 0 aliphatic carbocycles. The van der Waals surface area contributed by atoms with E-state index in [9.17, 15) is 18.0 Å². The molecule has 2 rings (SSSR count). The molecule has 7 nitrogen and oxygen atoms in total. The van der Waals surface area contributed by atoms with E-state index in [1.807, 2.05) is 6.92 Å². The summed E-state index contributed by atoms with van der Waals surface area (Å²) >= 11 is 0. The Labute approximate surface area is 133 Å². The van der Waals surface area contributed by atoms with Gasteiger partial charge in [0.15, 0.2) is 0 Å². The van der Waals surface area contributed by atoms with Crippen LogP contribution in [0.3, 0.4) is 0 Å². The number of ether oxygens (including phenoxy) is 2. The van der Waals surface area contributed by atoms with Crippen LogP contribution in [0.1, 0.15) is 46.9 Å². The van der Waals surface area contributed by atoms with Crippen LogP contribution in [0.2, 0.25) is 0 Å². The van der Waals surface area contributed by atoms with Gasteiger partial charge >= 0.3 is 11.9 Å². The van der Waals surface area contributed by atoms with E-state index in [0.717, 1.165) is 12.1 Å². The van der Waals surface area contributed by atoms with Crippen LogP contribution in [-0.2, 0) is 19.6 Å². The second-order valence-corrected chi connectivity index (χ2v) is 6.35. The summed E-state index contributed by atoms with van der Waals surface area (Å²) in [6.07, 6.45) is 3.25. The predicted octanol–water partition coefficient (Wildman–Crippen LogP) is 2.33. The molecule has 0 spiro atoms. The first-order valence-corrected chi connectivity index (χ1v) is 8.46. The average Bonchev–Trinajstić information content (AvgIpc) is 2.50. The van der Waals surface area contributed by atoms with Gasteiger partial charge in [-0.2, -0.15) is 8.42 Å². The molecule has 8 heteroatoms. The van der Waals surface area contributed by atoms with Gasteiger partial charge in [-0.1, -0.05) is 6.92 Å². The van der Waals surface area contributed by atoms with Crippen LogP contribution in [0, 0.1) is 0 Å². The quantitative estimate of drug-likeness (QED) is 0.650. The van der Waals surface area contributed by atoms with Crippen LogP contribution < -0.4 is 0 Å². The number of rotatable bonds is 2. The Morgan fingerprint density at radius 2 is 1.83 bits per heavy atom. The third kappa shape index (κ3) is 4.40. The van der Waals surface area contributed by atoms with Crippen molar-refractivity contribution in [2.75, 3.05) is 6.61 Å². The van der Waals surface area contributed by atoms with Gasteiger partial charge < -0.3 is 9.47 Å². The third-order valence-corrected chi connectivity index (χ3v) is 3.96. The Balaban J connectivity index is 2.53. The van der Waals surface area contributed by atoms with Gasteiger partial charge in [0.25, 0.3) is 10.1 Å². The molecule has 0 fully saturated rings. The molecule has 1 aromatic rings. The molecule has 0 saturated heterocycles. The molecule has 0 atom stereocenters. The molecular weight excluding hydrogens is 324 g/mol. The molecule has 1 aliphatic rings. The topological polar surface area (TPSA) is 107 Å². The summed E-state index contributed by atoms with van der Waals surface area (Å²) in [5, 5.41) is 0. The van der Waals surface area contributed by atoms with Gasteiger partial charge in [-0.05, 0) is 37.1 Å². The summed E-state index contributed by atoms with van der Waals surface area (Å²) in [5.41, 5.74) is -0.300. The van der Waals surface area contributed by atoms with E-state index in [-0.39, 0.29) is 17.7 Å². The Kier molecular flexibility index (Phi) is 5.17. The van der Waals surface area contributed by atoms with Gasteiger partial charge in [-0.3, -0.25) is 4.55 Å². The first kappa shape index (κ1) is 17.2. The fourth-order valence-electron chi connectivity index (χ4n) is 2.08. The first-order chi connectivity index (χ1) is 10.8. The number of carbonyl (C=O) groups excluding carboxylic acids is 2. The second-order valence-electron chi connectivity index (χ2n) is 4.93. The zero-order valence-electron chi connectivity index (χ0n) is 12.4. The predicted molar refractivity (Wildman–Crippen MR) is 79.6 cm³/mol. The number of cyclic esters (lactones) is 2. The molecule has 0 aromatic heterocycles. The van der Waals surface area contributed by atoms with Crippen molar-refractivity contribution in [3.63, 3.8) is 0 Å². The zero-order chi connectivity index (χ0) is 17.0.